The molecule has 3 aromatic rings. The van der Waals surface area contributed by atoms with Crippen molar-refractivity contribution >= 4 is 18.0 Å². The molecule has 0 spiro atoms. The summed E-state index contributed by atoms with van der Waals surface area (Å²) in [6.07, 6.45) is -0.779. The molecule has 0 radical (unpaired) electrons. The van der Waals surface area contributed by atoms with Crippen LogP contribution in [0.5, 0.6) is 0 Å². The zero-order chi connectivity index (χ0) is 23.2. The Kier molecular flexibility index (Phi) is 6.66. The van der Waals surface area contributed by atoms with E-state index in [0.29, 0.717) is 5.56 Å². The topological polar surface area (TPSA) is 114 Å². The van der Waals surface area contributed by atoms with Crippen LogP contribution in [0.1, 0.15) is 28.7 Å². The predicted octanol–water partition coefficient (Wildman–Crippen LogP) is 3.40. The van der Waals surface area contributed by atoms with Gasteiger partial charge in [0.15, 0.2) is 6.61 Å². The van der Waals surface area contributed by atoms with E-state index in [4.69, 9.17) is 9.84 Å². The maximum atomic E-state index is 12.6. The number of ether oxygens (including phenoxy) is 1. The number of carboxylic acids is 1. The van der Waals surface area contributed by atoms with Crippen LogP contribution in [0.15, 0.2) is 78.9 Å². The van der Waals surface area contributed by atoms with Gasteiger partial charge in [-0.15, -0.1) is 0 Å². The zero-order valence-electron chi connectivity index (χ0n) is 17.6. The van der Waals surface area contributed by atoms with Crippen LogP contribution in [0, 0.1) is 0 Å². The molecule has 33 heavy (non-hydrogen) atoms. The normalized spacial score (nSPS) is 12.8. The van der Waals surface area contributed by atoms with Gasteiger partial charge in [-0.25, -0.2) is 15.1 Å². The van der Waals surface area contributed by atoms with E-state index in [1.807, 2.05) is 48.5 Å². The molecular formula is C25H22N2O6. The first kappa shape index (κ1) is 22.0. The van der Waals surface area contributed by atoms with Crippen LogP contribution in [-0.2, 0) is 19.2 Å². The molecule has 3 N–H and O–H groups in total. The van der Waals surface area contributed by atoms with Crippen molar-refractivity contribution in [1.82, 2.24) is 10.8 Å². The van der Waals surface area contributed by atoms with Crippen molar-refractivity contribution in [3.63, 3.8) is 0 Å². The molecule has 0 fully saturated rings. The number of aliphatic carboxylic acids is 1. The summed E-state index contributed by atoms with van der Waals surface area (Å²) in [5, 5.41) is 11.2. The maximum absolute atomic E-state index is 12.6. The third-order valence-corrected chi connectivity index (χ3v) is 5.37. The minimum atomic E-state index is -1.24. The highest BCUT2D eigenvalue weighted by molar-refractivity contribution is 5.86. The molecule has 0 saturated heterocycles. The molecule has 0 aromatic heterocycles. The highest BCUT2D eigenvalue weighted by Gasteiger charge is 2.30. The summed E-state index contributed by atoms with van der Waals surface area (Å²) in [6.45, 7) is -0.614. The van der Waals surface area contributed by atoms with Gasteiger partial charge in [-0.05, 0) is 27.8 Å². The zero-order valence-corrected chi connectivity index (χ0v) is 17.6. The van der Waals surface area contributed by atoms with Gasteiger partial charge in [0.2, 0.25) is 0 Å². The van der Waals surface area contributed by atoms with E-state index in [9.17, 15) is 14.4 Å². The molecule has 8 heteroatoms. The molecule has 3 aromatic carbocycles. The summed E-state index contributed by atoms with van der Waals surface area (Å²) in [4.78, 5) is 40.5. The summed E-state index contributed by atoms with van der Waals surface area (Å²) in [7, 11) is 0. The Morgan fingerprint density at radius 2 is 1.42 bits per heavy atom. The molecule has 4 rings (SSSR count). The Hall–Kier alpha value is -4.17. The van der Waals surface area contributed by atoms with Gasteiger partial charge in [-0.2, -0.15) is 0 Å². The fourth-order valence-corrected chi connectivity index (χ4v) is 3.93. The third kappa shape index (κ3) is 5.02. The summed E-state index contributed by atoms with van der Waals surface area (Å²) in [5.41, 5.74) is 6.91. The molecule has 0 bridgehead atoms. The number of alkyl carbamates (subject to hydrolysis) is 1. The number of hydrogen-bond donors (Lipinski definition) is 3. The molecule has 1 atom stereocenters. The van der Waals surface area contributed by atoms with Crippen LogP contribution in [0.4, 0.5) is 4.79 Å². The number of nitrogens with one attached hydrogen (secondary N) is 2. The number of carbonyl (C=O) groups excluding carboxylic acids is 2. The SMILES string of the molecule is O=C(O)CONC(=O)C(NC(=O)OCC1c2ccccc2-c2ccccc21)c1ccccc1. The van der Waals surface area contributed by atoms with Gasteiger partial charge in [0.25, 0.3) is 5.91 Å². The van der Waals surface area contributed by atoms with Crippen molar-refractivity contribution in [3.05, 3.63) is 95.6 Å². The standard InChI is InChI=1S/C25H22N2O6/c28-22(29)15-33-27-24(30)23(16-8-2-1-3-9-16)26-25(31)32-14-21-19-12-6-4-10-17(19)18-11-5-7-13-20(18)21/h1-13,21,23H,14-15H2,(H,26,31)(H,27,30)(H,28,29). The average molecular weight is 446 g/mol. The first-order chi connectivity index (χ1) is 16.0. The lowest BCUT2D eigenvalue weighted by atomic mass is 9.98. The van der Waals surface area contributed by atoms with Crippen LogP contribution in [0.25, 0.3) is 11.1 Å². The van der Waals surface area contributed by atoms with Crippen molar-refractivity contribution in [2.45, 2.75) is 12.0 Å². The number of benzene rings is 3. The molecule has 1 aliphatic rings. The van der Waals surface area contributed by atoms with Crippen molar-refractivity contribution < 1.29 is 29.1 Å². The Labute approximate surface area is 190 Å². The molecule has 8 nitrogen and oxygen atoms in total. The number of hydroxylamine groups is 1. The largest absolute Gasteiger partial charge is 0.479 e. The van der Waals surface area contributed by atoms with Crippen LogP contribution in [0.2, 0.25) is 0 Å². The van der Waals surface area contributed by atoms with Crippen molar-refractivity contribution in [2.24, 2.45) is 0 Å². The van der Waals surface area contributed by atoms with Crippen molar-refractivity contribution in [2.75, 3.05) is 13.2 Å². The summed E-state index contributed by atoms with van der Waals surface area (Å²) in [5.74, 6) is -2.09. The van der Waals surface area contributed by atoms with E-state index in [1.165, 1.54) is 0 Å². The number of fused-ring (bicyclic) bond motifs is 3. The van der Waals surface area contributed by atoms with Gasteiger partial charge in [0, 0.05) is 5.92 Å². The maximum Gasteiger partial charge on any atom is 0.408 e. The van der Waals surface area contributed by atoms with E-state index in [1.54, 1.807) is 30.3 Å². The summed E-state index contributed by atoms with van der Waals surface area (Å²) < 4.78 is 5.52. The Balaban J connectivity index is 1.45. The van der Waals surface area contributed by atoms with Gasteiger partial charge in [0.05, 0.1) is 0 Å². The Morgan fingerprint density at radius 1 is 0.848 bits per heavy atom. The van der Waals surface area contributed by atoms with Crippen molar-refractivity contribution in [1.29, 1.82) is 0 Å². The van der Waals surface area contributed by atoms with E-state index in [-0.39, 0.29) is 12.5 Å². The molecule has 1 aliphatic carbocycles. The molecule has 0 heterocycles. The number of carbonyl (C=O) groups is 3. The van der Waals surface area contributed by atoms with Crippen LogP contribution >= 0.6 is 0 Å². The van der Waals surface area contributed by atoms with Gasteiger partial charge in [-0.3, -0.25) is 9.63 Å². The minimum absolute atomic E-state index is 0.0957. The number of hydrogen-bond acceptors (Lipinski definition) is 5. The molecule has 1 unspecified atom stereocenters. The quantitative estimate of drug-likeness (QED) is 0.457. The number of amides is 2. The second-order valence-electron chi connectivity index (χ2n) is 7.46. The van der Waals surface area contributed by atoms with E-state index >= 15 is 0 Å². The highest BCUT2D eigenvalue weighted by atomic mass is 16.7. The van der Waals surface area contributed by atoms with Gasteiger partial charge in [0.1, 0.15) is 12.6 Å². The van der Waals surface area contributed by atoms with Crippen LogP contribution < -0.4 is 10.8 Å². The lowest BCUT2D eigenvalue weighted by Crippen LogP contribution is -2.41. The first-order valence-corrected chi connectivity index (χ1v) is 10.3. The highest BCUT2D eigenvalue weighted by Crippen LogP contribution is 2.44. The molecule has 168 valence electrons. The first-order valence-electron chi connectivity index (χ1n) is 10.3. The van der Waals surface area contributed by atoms with Gasteiger partial charge in [-0.1, -0.05) is 78.9 Å². The van der Waals surface area contributed by atoms with Gasteiger partial charge >= 0.3 is 12.1 Å². The second kappa shape index (κ2) is 9.97. The monoisotopic (exact) mass is 446 g/mol. The van der Waals surface area contributed by atoms with E-state index in [0.717, 1.165) is 22.3 Å². The van der Waals surface area contributed by atoms with Gasteiger partial charge < -0.3 is 15.2 Å². The lowest BCUT2D eigenvalue weighted by Gasteiger charge is -2.19. The summed E-state index contributed by atoms with van der Waals surface area (Å²) >= 11 is 0. The Bertz CT molecular complexity index is 1120. The third-order valence-electron chi connectivity index (χ3n) is 5.37. The predicted molar refractivity (Wildman–Crippen MR) is 119 cm³/mol. The minimum Gasteiger partial charge on any atom is -0.479 e. The smallest absolute Gasteiger partial charge is 0.408 e. The fraction of sp³-hybridized carbons (Fsp3) is 0.160. The van der Waals surface area contributed by atoms with Crippen molar-refractivity contribution in [3.8, 4) is 11.1 Å². The fourth-order valence-electron chi connectivity index (χ4n) is 3.93. The lowest BCUT2D eigenvalue weighted by molar-refractivity contribution is -0.150. The molecule has 2 amide bonds. The van der Waals surface area contributed by atoms with E-state index in [2.05, 4.69) is 15.6 Å². The molecule has 0 saturated carbocycles. The number of rotatable bonds is 8. The molecule has 0 aliphatic heterocycles. The van der Waals surface area contributed by atoms with Crippen LogP contribution in [-0.4, -0.2) is 36.3 Å². The Morgan fingerprint density at radius 3 is 2.03 bits per heavy atom. The van der Waals surface area contributed by atoms with Crippen LogP contribution in [0.3, 0.4) is 0 Å². The number of carboxylic acid groups (broad SMARTS) is 1. The summed E-state index contributed by atoms with van der Waals surface area (Å²) in [6, 6.07) is 23.3. The average Bonchev–Trinajstić information content (AvgIpc) is 3.15. The second-order valence-corrected chi connectivity index (χ2v) is 7.46. The molecular weight excluding hydrogens is 424 g/mol. The van der Waals surface area contributed by atoms with E-state index < -0.39 is 30.6 Å².